The van der Waals surface area contributed by atoms with E-state index in [0.717, 1.165) is 0 Å². The van der Waals surface area contributed by atoms with Crippen LogP contribution in [0.3, 0.4) is 0 Å². The average molecular weight is 271 g/mol. The summed E-state index contributed by atoms with van der Waals surface area (Å²) in [7, 11) is 0. The van der Waals surface area contributed by atoms with Crippen molar-refractivity contribution < 1.29 is 14.3 Å². The van der Waals surface area contributed by atoms with Crippen molar-refractivity contribution in [1.82, 2.24) is 0 Å². The first-order valence-corrected chi connectivity index (χ1v) is 6.84. The van der Waals surface area contributed by atoms with Crippen LogP contribution in [0.2, 0.25) is 0 Å². The molecule has 2 aliphatic rings. The van der Waals surface area contributed by atoms with Gasteiger partial charge in [-0.05, 0) is 13.8 Å². The molecule has 4 nitrogen and oxygen atoms in total. The second-order valence-electron chi connectivity index (χ2n) is 5.86. The van der Waals surface area contributed by atoms with Gasteiger partial charge in [-0.2, -0.15) is 5.26 Å². The van der Waals surface area contributed by atoms with Crippen LogP contribution in [0.25, 0.3) is 0 Å². The average Bonchev–Trinajstić information content (AvgIpc) is 3.07. The van der Waals surface area contributed by atoms with Gasteiger partial charge in [-0.15, -0.1) is 0 Å². The topological polar surface area (TPSA) is 59.3 Å². The predicted molar refractivity (Wildman–Crippen MR) is 71.8 cm³/mol. The molecule has 0 bridgehead atoms. The van der Waals surface area contributed by atoms with Crippen molar-refractivity contribution in [1.29, 1.82) is 5.26 Å². The van der Waals surface area contributed by atoms with E-state index in [1.807, 2.05) is 32.0 Å². The minimum absolute atomic E-state index is 0.0375. The maximum atomic E-state index is 12.5. The Kier molecular flexibility index (Phi) is 3.12. The number of Topliss-reactive ketones (excluding diaryl/α,β-unsaturated/α-hetero) is 1. The Hall–Kier alpha value is -1.70. The summed E-state index contributed by atoms with van der Waals surface area (Å²) in [6, 6.07) is 11.4. The fourth-order valence-electron chi connectivity index (χ4n) is 3.00. The zero-order chi connectivity index (χ0) is 14.3. The molecule has 1 aliphatic carbocycles. The molecule has 1 aliphatic heterocycles. The second-order valence-corrected chi connectivity index (χ2v) is 5.86. The van der Waals surface area contributed by atoms with Gasteiger partial charge in [0.1, 0.15) is 0 Å². The van der Waals surface area contributed by atoms with Gasteiger partial charge in [0.2, 0.25) is 0 Å². The van der Waals surface area contributed by atoms with Crippen molar-refractivity contribution in [2.45, 2.75) is 25.7 Å². The Morgan fingerprint density at radius 2 is 2.05 bits per heavy atom. The van der Waals surface area contributed by atoms with E-state index in [0.29, 0.717) is 12.2 Å². The van der Waals surface area contributed by atoms with Crippen LogP contribution in [-0.2, 0) is 9.47 Å². The molecule has 2 fully saturated rings. The van der Waals surface area contributed by atoms with E-state index in [1.54, 1.807) is 12.1 Å². The first kappa shape index (κ1) is 13.3. The van der Waals surface area contributed by atoms with Gasteiger partial charge < -0.3 is 9.47 Å². The van der Waals surface area contributed by atoms with Gasteiger partial charge >= 0.3 is 0 Å². The molecule has 1 heterocycles. The van der Waals surface area contributed by atoms with Crippen molar-refractivity contribution in [3.8, 4) is 6.07 Å². The number of benzene rings is 1. The standard InChI is InChI=1S/C16H17NO3/c1-16(2)19-9-12(20-16)13-11(8-17)14(13)15(18)10-6-4-3-5-7-10/h3-7,11-14H,9H2,1-2H3/t11-,12-,13-,14+/m0/s1. The molecule has 0 amide bonds. The number of nitriles is 1. The summed E-state index contributed by atoms with van der Waals surface area (Å²) >= 11 is 0. The Balaban J connectivity index is 1.75. The summed E-state index contributed by atoms with van der Waals surface area (Å²) in [6.45, 7) is 4.16. The SMILES string of the molecule is CC1(C)OC[C@@H]([C@@H]2[C@H](C#N)[C@H]2C(=O)c2ccccc2)O1. The molecular weight excluding hydrogens is 254 g/mol. The highest BCUT2D eigenvalue weighted by molar-refractivity contribution is 6.00. The summed E-state index contributed by atoms with van der Waals surface area (Å²) in [6.07, 6.45) is -0.160. The fraction of sp³-hybridized carbons (Fsp3) is 0.500. The van der Waals surface area contributed by atoms with Crippen molar-refractivity contribution >= 4 is 5.78 Å². The molecule has 20 heavy (non-hydrogen) atoms. The molecule has 104 valence electrons. The highest BCUT2D eigenvalue weighted by Gasteiger charge is 2.61. The minimum atomic E-state index is -0.617. The van der Waals surface area contributed by atoms with Crippen molar-refractivity contribution in [3.05, 3.63) is 35.9 Å². The number of nitrogens with zero attached hydrogens (tertiary/aromatic N) is 1. The number of ketones is 1. The zero-order valence-electron chi connectivity index (χ0n) is 11.6. The van der Waals surface area contributed by atoms with Crippen molar-refractivity contribution in [2.75, 3.05) is 6.61 Å². The lowest BCUT2D eigenvalue weighted by Gasteiger charge is -2.17. The summed E-state index contributed by atoms with van der Waals surface area (Å²) in [5, 5.41) is 9.23. The number of hydrogen-bond acceptors (Lipinski definition) is 4. The maximum Gasteiger partial charge on any atom is 0.167 e. The van der Waals surface area contributed by atoms with E-state index >= 15 is 0 Å². The van der Waals surface area contributed by atoms with Crippen LogP contribution >= 0.6 is 0 Å². The number of carbonyl (C=O) groups is 1. The Bertz CT molecular complexity index is 561. The Morgan fingerprint density at radius 1 is 1.35 bits per heavy atom. The Morgan fingerprint density at radius 3 is 2.60 bits per heavy atom. The molecule has 0 N–H and O–H groups in total. The lowest BCUT2D eigenvalue weighted by molar-refractivity contribution is -0.141. The van der Waals surface area contributed by atoms with Gasteiger partial charge in [-0.25, -0.2) is 0 Å². The van der Waals surface area contributed by atoms with E-state index in [9.17, 15) is 10.1 Å². The van der Waals surface area contributed by atoms with Crippen molar-refractivity contribution in [2.24, 2.45) is 17.8 Å². The largest absolute Gasteiger partial charge is 0.348 e. The molecule has 1 saturated heterocycles. The summed E-state index contributed by atoms with van der Waals surface area (Å²) in [5.74, 6) is -1.15. The molecule has 0 radical (unpaired) electrons. The molecule has 1 aromatic rings. The third-order valence-corrected chi connectivity index (χ3v) is 4.05. The molecule has 4 atom stereocenters. The van der Waals surface area contributed by atoms with E-state index in [2.05, 4.69) is 6.07 Å². The molecule has 4 heteroatoms. The number of rotatable bonds is 3. The molecule has 0 spiro atoms. The minimum Gasteiger partial charge on any atom is -0.348 e. The van der Waals surface area contributed by atoms with Gasteiger partial charge in [0.05, 0.1) is 24.7 Å². The van der Waals surface area contributed by atoms with Gasteiger partial charge in [0.25, 0.3) is 0 Å². The van der Waals surface area contributed by atoms with E-state index in [4.69, 9.17) is 9.47 Å². The van der Waals surface area contributed by atoms with Gasteiger partial charge in [0, 0.05) is 17.4 Å². The normalized spacial score (nSPS) is 34.5. The number of ether oxygens (including phenoxy) is 2. The highest BCUT2D eigenvalue weighted by atomic mass is 16.7. The third-order valence-electron chi connectivity index (χ3n) is 4.05. The van der Waals surface area contributed by atoms with Crippen LogP contribution in [0, 0.1) is 29.1 Å². The second kappa shape index (κ2) is 4.69. The first-order chi connectivity index (χ1) is 9.53. The van der Waals surface area contributed by atoms with E-state index in [-0.39, 0.29) is 29.6 Å². The molecule has 1 aromatic carbocycles. The molecule has 0 unspecified atom stereocenters. The van der Waals surface area contributed by atoms with Crippen LogP contribution in [0.4, 0.5) is 0 Å². The van der Waals surface area contributed by atoms with E-state index in [1.165, 1.54) is 0 Å². The van der Waals surface area contributed by atoms with Crippen LogP contribution in [0.5, 0.6) is 0 Å². The smallest absolute Gasteiger partial charge is 0.167 e. The Labute approximate surface area is 118 Å². The lowest BCUT2D eigenvalue weighted by atomic mass is 10.0. The molecule has 3 rings (SSSR count). The monoisotopic (exact) mass is 271 g/mol. The predicted octanol–water partition coefficient (Wildman–Crippen LogP) is 2.41. The third kappa shape index (κ3) is 2.24. The van der Waals surface area contributed by atoms with Gasteiger partial charge in [0.15, 0.2) is 11.6 Å². The van der Waals surface area contributed by atoms with Gasteiger partial charge in [-0.1, -0.05) is 30.3 Å². The summed E-state index contributed by atoms with van der Waals surface area (Å²) < 4.78 is 11.3. The fourth-order valence-corrected chi connectivity index (χ4v) is 3.00. The zero-order valence-corrected chi connectivity index (χ0v) is 11.6. The van der Waals surface area contributed by atoms with Crippen LogP contribution < -0.4 is 0 Å². The number of hydrogen-bond donors (Lipinski definition) is 0. The van der Waals surface area contributed by atoms with Crippen LogP contribution in [-0.4, -0.2) is 24.3 Å². The molecule has 0 aromatic heterocycles. The lowest BCUT2D eigenvalue weighted by Crippen LogP contribution is -2.23. The summed E-state index contributed by atoms with van der Waals surface area (Å²) in [4.78, 5) is 12.5. The highest BCUT2D eigenvalue weighted by Crippen LogP contribution is 2.52. The molecule has 1 saturated carbocycles. The van der Waals surface area contributed by atoms with Crippen LogP contribution in [0.1, 0.15) is 24.2 Å². The van der Waals surface area contributed by atoms with Crippen molar-refractivity contribution in [3.63, 3.8) is 0 Å². The number of carbonyl (C=O) groups excluding carboxylic acids is 1. The maximum absolute atomic E-state index is 12.5. The van der Waals surface area contributed by atoms with E-state index < -0.39 is 5.79 Å². The van der Waals surface area contributed by atoms with Gasteiger partial charge in [-0.3, -0.25) is 4.79 Å². The van der Waals surface area contributed by atoms with Crippen LogP contribution in [0.15, 0.2) is 30.3 Å². The summed E-state index contributed by atoms with van der Waals surface area (Å²) in [5.41, 5.74) is 0.665. The molecular formula is C16H17NO3. The quantitative estimate of drug-likeness (QED) is 0.792. The first-order valence-electron chi connectivity index (χ1n) is 6.84.